The molecule has 0 spiro atoms. The molecular formula is C16H19N3O5. The number of hydrogen-bond donors (Lipinski definition) is 4. The van der Waals surface area contributed by atoms with Gasteiger partial charge >= 0.3 is 12.0 Å². The second-order valence-corrected chi connectivity index (χ2v) is 6.14. The van der Waals surface area contributed by atoms with Crippen molar-refractivity contribution in [1.82, 2.24) is 16.0 Å². The molecule has 1 aromatic carbocycles. The molecule has 8 nitrogen and oxygen atoms in total. The van der Waals surface area contributed by atoms with Crippen molar-refractivity contribution >= 4 is 23.8 Å². The zero-order valence-electron chi connectivity index (χ0n) is 13.5. The van der Waals surface area contributed by atoms with E-state index in [1.165, 1.54) is 12.1 Å². The predicted molar refractivity (Wildman–Crippen MR) is 84.2 cm³/mol. The summed E-state index contributed by atoms with van der Waals surface area (Å²) in [6.07, 6.45) is 0. The van der Waals surface area contributed by atoms with E-state index < -0.39 is 35.4 Å². The minimum absolute atomic E-state index is 0.262. The number of hydrogen-bond acceptors (Lipinski definition) is 4. The Morgan fingerprint density at radius 3 is 2.17 bits per heavy atom. The van der Waals surface area contributed by atoms with Crippen LogP contribution in [0, 0.1) is 5.92 Å². The van der Waals surface area contributed by atoms with Crippen molar-refractivity contribution in [3.63, 3.8) is 0 Å². The number of imide groups is 1. The molecule has 1 fully saturated rings. The van der Waals surface area contributed by atoms with Crippen molar-refractivity contribution in [2.45, 2.75) is 32.4 Å². The third kappa shape index (κ3) is 3.22. The van der Waals surface area contributed by atoms with Crippen LogP contribution in [0.5, 0.6) is 0 Å². The summed E-state index contributed by atoms with van der Waals surface area (Å²) in [5.74, 6) is -2.36. The summed E-state index contributed by atoms with van der Waals surface area (Å²) in [4.78, 5) is 46.5. The Hall–Kier alpha value is -2.90. The predicted octanol–water partition coefficient (Wildman–Crippen LogP) is 0.580. The third-order valence-electron chi connectivity index (χ3n) is 3.99. The van der Waals surface area contributed by atoms with Crippen LogP contribution in [0.25, 0.3) is 0 Å². The largest absolute Gasteiger partial charge is 0.480 e. The van der Waals surface area contributed by atoms with Gasteiger partial charge in [0.1, 0.15) is 11.6 Å². The fraction of sp³-hybridized carbons (Fsp3) is 0.375. The first-order valence-electron chi connectivity index (χ1n) is 7.43. The molecule has 128 valence electrons. The van der Waals surface area contributed by atoms with Crippen LogP contribution in [0.3, 0.4) is 0 Å². The Labute approximate surface area is 138 Å². The normalized spacial score (nSPS) is 21.2. The molecule has 1 aliphatic rings. The highest BCUT2D eigenvalue weighted by Gasteiger charge is 2.43. The smallest absolute Gasteiger partial charge is 0.326 e. The molecule has 8 heteroatoms. The second-order valence-electron chi connectivity index (χ2n) is 6.14. The van der Waals surface area contributed by atoms with E-state index in [2.05, 4.69) is 16.0 Å². The molecule has 1 aromatic rings. The number of rotatable bonds is 5. The average Bonchev–Trinajstić information content (AvgIpc) is 2.77. The summed E-state index contributed by atoms with van der Waals surface area (Å²) in [6.45, 7) is 4.95. The van der Waals surface area contributed by atoms with Gasteiger partial charge in [-0.05, 0) is 30.5 Å². The van der Waals surface area contributed by atoms with Gasteiger partial charge in [0, 0.05) is 5.56 Å². The van der Waals surface area contributed by atoms with Gasteiger partial charge in [-0.25, -0.2) is 9.59 Å². The number of aliphatic carboxylic acids is 1. The third-order valence-corrected chi connectivity index (χ3v) is 3.99. The molecule has 0 bridgehead atoms. The van der Waals surface area contributed by atoms with Gasteiger partial charge in [-0.15, -0.1) is 0 Å². The van der Waals surface area contributed by atoms with Crippen LogP contribution >= 0.6 is 0 Å². The van der Waals surface area contributed by atoms with Crippen molar-refractivity contribution in [3.8, 4) is 0 Å². The van der Waals surface area contributed by atoms with Crippen LogP contribution < -0.4 is 16.0 Å². The van der Waals surface area contributed by atoms with E-state index in [1.807, 2.05) is 0 Å². The van der Waals surface area contributed by atoms with Crippen molar-refractivity contribution in [1.29, 1.82) is 0 Å². The Morgan fingerprint density at radius 1 is 1.17 bits per heavy atom. The minimum Gasteiger partial charge on any atom is -0.480 e. The summed E-state index contributed by atoms with van der Waals surface area (Å²) in [5, 5.41) is 16.3. The number of carbonyl (C=O) groups is 4. The Bertz CT molecular complexity index is 698. The van der Waals surface area contributed by atoms with Gasteiger partial charge in [0.15, 0.2) is 0 Å². The second kappa shape index (κ2) is 6.31. The molecule has 0 saturated carbocycles. The fourth-order valence-corrected chi connectivity index (χ4v) is 2.44. The van der Waals surface area contributed by atoms with Crippen LogP contribution in [0.2, 0.25) is 0 Å². The van der Waals surface area contributed by atoms with Crippen LogP contribution in [0.1, 0.15) is 36.7 Å². The SMILES string of the molecule is CC(C)[C@H](NC(=O)c1ccc(C2(C)NC(=O)NC2=O)cc1)C(=O)O. The van der Waals surface area contributed by atoms with E-state index >= 15 is 0 Å². The highest BCUT2D eigenvalue weighted by molar-refractivity contribution is 6.07. The first-order valence-corrected chi connectivity index (χ1v) is 7.43. The fourth-order valence-electron chi connectivity index (χ4n) is 2.44. The zero-order valence-corrected chi connectivity index (χ0v) is 13.5. The lowest BCUT2D eigenvalue weighted by molar-refractivity contribution is -0.140. The van der Waals surface area contributed by atoms with E-state index in [4.69, 9.17) is 5.11 Å². The summed E-state index contributed by atoms with van der Waals surface area (Å²) in [7, 11) is 0. The van der Waals surface area contributed by atoms with E-state index in [0.717, 1.165) is 0 Å². The molecule has 1 saturated heterocycles. The van der Waals surface area contributed by atoms with Gasteiger partial charge in [-0.2, -0.15) is 0 Å². The lowest BCUT2D eigenvalue weighted by atomic mass is 9.91. The molecule has 1 aliphatic heterocycles. The maximum Gasteiger partial charge on any atom is 0.326 e. The molecule has 0 radical (unpaired) electrons. The molecule has 2 atom stereocenters. The lowest BCUT2D eigenvalue weighted by Gasteiger charge is -2.21. The molecule has 4 amide bonds. The molecule has 2 rings (SSSR count). The van der Waals surface area contributed by atoms with Crippen molar-refractivity contribution in [2.75, 3.05) is 0 Å². The van der Waals surface area contributed by atoms with Gasteiger partial charge in [0.05, 0.1) is 0 Å². The number of carbonyl (C=O) groups excluding carboxylic acids is 3. The Balaban J connectivity index is 2.17. The van der Waals surface area contributed by atoms with Gasteiger partial charge in [0.2, 0.25) is 0 Å². The Kier molecular flexibility index (Phi) is 4.59. The average molecular weight is 333 g/mol. The molecule has 4 N–H and O–H groups in total. The summed E-state index contributed by atoms with van der Waals surface area (Å²) in [5.41, 5.74) is -0.423. The van der Waals surface area contributed by atoms with E-state index in [9.17, 15) is 19.2 Å². The van der Waals surface area contributed by atoms with Crippen LogP contribution in [0.15, 0.2) is 24.3 Å². The van der Waals surface area contributed by atoms with Crippen molar-refractivity contribution < 1.29 is 24.3 Å². The topological polar surface area (TPSA) is 125 Å². The van der Waals surface area contributed by atoms with Gasteiger partial charge in [0.25, 0.3) is 11.8 Å². The molecule has 0 aromatic heterocycles. The summed E-state index contributed by atoms with van der Waals surface area (Å²) >= 11 is 0. The molecule has 1 heterocycles. The number of urea groups is 1. The first-order chi connectivity index (χ1) is 11.1. The quantitative estimate of drug-likeness (QED) is 0.587. The van der Waals surface area contributed by atoms with Gasteiger partial charge in [-0.1, -0.05) is 26.0 Å². The maximum absolute atomic E-state index is 12.2. The Morgan fingerprint density at radius 2 is 1.75 bits per heavy atom. The molecule has 24 heavy (non-hydrogen) atoms. The first kappa shape index (κ1) is 17.5. The van der Waals surface area contributed by atoms with Crippen LogP contribution in [-0.4, -0.2) is 35.0 Å². The van der Waals surface area contributed by atoms with Crippen LogP contribution in [-0.2, 0) is 15.1 Å². The van der Waals surface area contributed by atoms with E-state index in [-0.39, 0.29) is 11.5 Å². The van der Waals surface area contributed by atoms with Crippen molar-refractivity contribution in [3.05, 3.63) is 35.4 Å². The van der Waals surface area contributed by atoms with Gasteiger partial charge < -0.3 is 15.7 Å². The highest BCUT2D eigenvalue weighted by Crippen LogP contribution is 2.24. The van der Waals surface area contributed by atoms with E-state index in [1.54, 1.807) is 32.9 Å². The molecular weight excluding hydrogens is 314 g/mol. The minimum atomic E-state index is -1.20. The van der Waals surface area contributed by atoms with Crippen LogP contribution in [0.4, 0.5) is 4.79 Å². The summed E-state index contributed by atoms with van der Waals surface area (Å²) in [6, 6.07) is 4.48. The highest BCUT2D eigenvalue weighted by atomic mass is 16.4. The number of carboxylic acids is 1. The van der Waals surface area contributed by atoms with E-state index in [0.29, 0.717) is 5.56 Å². The van der Waals surface area contributed by atoms with Crippen molar-refractivity contribution in [2.24, 2.45) is 5.92 Å². The zero-order chi connectivity index (χ0) is 18.1. The standard InChI is InChI=1S/C16H19N3O5/c1-8(2)11(13(21)22)17-12(20)9-4-6-10(7-5-9)16(3)14(23)18-15(24)19-16/h4-8,11H,1-3H3,(H,17,20)(H,21,22)(H2,18,19,23,24)/t11-,16?/m0/s1. The maximum atomic E-state index is 12.2. The monoisotopic (exact) mass is 333 g/mol. The number of amides is 4. The molecule has 0 aliphatic carbocycles. The molecule has 1 unspecified atom stereocenters. The lowest BCUT2D eigenvalue weighted by Crippen LogP contribution is -2.44. The number of nitrogens with one attached hydrogen (secondary N) is 3. The number of benzene rings is 1. The number of carboxylic acid groups (broad SMARTS) is 1. The summed E-state index contributed by atoms with van der Waals surface area (Å²) < 4.78 is 0. The van der Waals surface area contributed by atoms with Gasteiger partial charge in [-0.3, -0.25) is 14.9 Å².